The van der Waals surface area contributed by atoms with Crippen LogP contribution in [-0.4, -0.2) is 44.0 Å². The van der Waals surface area contributed by atoms with Crippen LogP contribution in [0.25, 0.3) is 6.08 Å². The van der Waals surface area contributed by atoms with Crippen LogP contribution in [-0.2, 0) is 14.4 Å². The van der Waals surface area contributed by atoms with Gasteiger partial charge < -0.3 is 19.7 Å². The largest absolute Gasteiger partial charge is 0.497 e. The molecule has 3 aromatic carbocycles. The summed E-state index contributed by atoms with van der Waals surface area (Å²) >= 11 is 0. The van der Waals surface area contributed by atoms with Crippen molar-refractivity contribution in [3.63, 3.8) is 0 Å². The van der Waals surface area contributed by atoms with Crippen molar-refractivity contribution in [1.29, 1.82) is 0 Å². The lowest BCUT2D eigenvalue weighted by atomic mass is 9.88. The molecule has 0 bridgehead atoms. The molecule has 8 heteroatoms. The predicted molar refractivity (Wildman–Crippen MR) is 140 cm³/mol. The molecule has 0 unspecified atom stereocenters. The van der Waals surface area contributed by atoms with E-state index in [1.165, 1.54) is 19.1 Å². The van der Waals surface area contributed by atoms with Crippen molar-refractivity contribution in [3.8, 4) is 11.5 Å². The fraction of sp³-hybridized carbons (Fsp3) is 0.207. The highest BCUT2D eigenvalue weighted by atomic mass is 16.5. The summed E-state index contributed by atoms with van der Waals surface area (Å²) in [7, 11) is 3.05. The lowest BCUT2D eigenvalue weighted by Gasteiger charge is -2.36. The Morgan fingerprint density at radius 1 is 0.865 bits per heavy atom. The minimum absolute atomic E-state index is 0.297. The molecule has 3 amide bonds. The third-order valence-electron chi connectivity index (χ3n) is 7.36. The van der Waals surface area contributed by atoms with Crippen LogP contribution in [0.2, 0.25) is 0 Å². The Kier molecular flexibility index (Phi) is 5.44. The second kappa shape index (κ2) is 8.81. The topological polar surface area (TPSA) is 88.2 Å². The molecule has 0 spiro atoms. The first-order chi connectivity index (χ1) is 18.0. The lowest BCUT2D eigenvalue weighted by molar-refractivity contribution is -0.126. The van der Waals surface area contributed by atoms with E-state index in [9.17, 15) is 14.4 Å². The maximum Gasteiger partial charge on any atom is 0.248 e. The van der Waals surface area contributed by atoms with Crippen LogP contribution < -0.4 is 24.6 Å². The van der Waals surface area contributed by atoms with Crippen molar-refractivity contribution < 1.29 is 23.9 Å². The van der Waals surface area contributed by atoms with Crippen LogP contribution in [0.1, 0.15) is 5.56 Å². The average molecular weight is 496 g/mol. The fourth-order valence-electron chi connectivity index (χ4n) is 5.76. The van der Waals surface area contributed by atoms with Crippen LogP contribution in [0, 0.1) is 11.8 Å². The van der Waals surface area contributed by atoms with Gasteiger partial charge in [0.25, 0.3) is 0 Å². The van der Waals surface area contributed by atoms with E-state index in [2.05, 4.69) is 5.32 Å². The maximum atomic E-state index is 14.0. The van der Waals surface area contributed by atoms with Crippen molar-refractivity contribution in [1.82, 2.24) is 0 Å². The summed E-state index contributed by atoms with van der Waals surface area (Å²) in [5, 5.41) is 2.95. The number of carbonyl (C=O) groups excluding carboxylic acids is 3. The third kappa shape index (κ3) is 3.48. The number of methoxy groups -OCH3 is 2. The molecule has 8 nitrogen and oxygen atoms in total. The Morgan fingerprint density at radius 2 is 1.59 bits per heavy atom. The number of anilines is 3. The third-order valence-corrected chi connectivity index (χ3v) is 7.36. The number of amides is 3. The van der Waals surface area contributed by atoms with E-state index in [0.717, 1.165) is 11.3 Å². The molecule has 0 saturated carbocycles. The van der Waals surface area contributed by atoms with Gasteiger partial charge in [-0.2, -0.15) is 0 Å². The fourth-order valence-corrected chi connectivity index (χ4v) is 5.76. The summed E-state index contributed by atoms with van der Waals surface area (Å²) in [5.74, 6) is -1.62. The van der Waals surface area contributed by atoms with Gasteiger partial charge in [-0.25, -0.2) is 4.90 Å². The second-order valence-electron chi connectivity index (χ2n) is 9.22. The maximum absolute atomic E-state index is 14.0. The van der Waals surface area contributed by atoms with E-state index >= 15 is 0 Å². The normalized spacial score (nSPS) is 23.4. The van der Waals surface area contributed by atoms with Gasteiger partial charge in [-0.3, -0.25) is 14.4 Å². The Hall–Kier alpha value is -4.59. The van der Waals surface area contributed by atoms with Crippen molar-refractivity contribution in [3.05, 3.63) is 84.4 Å². The number of carbonyl (C=O) groups is 3. The van der Waals surface area contributed by atoms with E-state index in [0.29, 0.717) is 22.9 Å². The number of imide groups is 1. The summed E-state index contributed by atoms with van der Waals surface area (Å²) < 4.78 is 10.8. The molecule has 2 fully saturated rings. The molecule has 0 aliphatic carbocycles. The van der Waals surface area contributed by atoms with Crippen LogP contribution in [0.3, 0.4) is 0 Å². The van der Waals surface area contributed by atoms with Crippen molar-refractivity contribution >= 4 is 40.9 Å². The van der Waals surface area contributed by atoms with Crippen LogP contribution in [0.5, 0.6) is 11.5 Å². The SMILES string of the molecule is COc1ccc(OC)c(NC(=O)[C@H]2[C@@H]3C(=O)N(c4ccccc4)C(=O)[C@@H]3[C@H]3C=Cc4ccccc4N32)c1. The van der Waals surface area contributed by atoms with E-state index in [-0.39, 0.29) is 11.8 Å². The molecule has 186 valence electrons. The van der Waals surface area contributed by atoms with E-state index in [4.69, 9.17) is 9.47 Å². The number of ether oxygens (including phenoxy) is 2. The van der Waals surface area contributed by atoms with E-state index in [1.54, 1.807) is 42.5 Å². The summed E-state index contributed by atoms with van der Waals surface area (Å²) in [6.45, 7) is 0. The number of para-hydroxylation sites is 2. The molecular formula is C29H25N3O5. The molecule has 2 saturated heterocycles. The predicted octanol–water partition coefficient (Wildman–Crippen LogP) is 3.73. The number of nitrogens with one attached hydrogen (secondary N) is 1. The molecule has 37 heavy (non-hydrogen) atoms. The summed E-state index contributed by atoms with van der Waals surface area (Å²) in [4.78, 5) is 44.8. The van der Waals surface area contributed by atoms with Gasteiger partial charge in [-0.1, -0.05) is 48.6 Å². The molecule has 3 aliphatic heterocycles. The first-order valence-corrected chi connectivity index (χ1v) is 12.0. The molecular weight excluding hydrogens is 470 g/mol. The number of nitrogens with zero attached hydrogens (tertiary/aromatic N) is 2. The minimum atomic E-state index is -0.915. The standard InChI is InChI=1S/C29H25N3O5/c1-36-19-13-15-23(37-2)20(16-19)30-27(33)26-25-24(22-14-12-17-8-6-7-11-21(17)32(22)26)28(34)31(29(25)35)18-9-4-3-5-10-18/h3-16,22,24-26H,1-2H3,(H,30,33)/t22-,24-,25-,26-/m1/s1. The monoisotopic (exact) mass is 495 g/mol. The van der Waals surface area contributed by atoms with Gasteiger partial charge >= 0.3 is 0 Å². The number of rotatable bonds is 5. The summed E-state index contributed by atoms with van der Waals surface area (Å²) in [6, 6.07) is 20.3. The molecule has 4 atom stereocenters. The van der Waals surface area contributed by atoms with Crippen LogP contribution in [0.4, 0.5) is 17.1 Å². The average Bonchev–Trinajstić information content (AvgIpc) is 3.41. The molecule has 0 radical (unpaired) electrons. The quantitative estimate of drug-likeness (QED) is 0.543. The van der Waals surface area contributed by atoms with E-state index in [1.807, 2.05) is 47.4 Å². The molecule has 0 aromatic heterocycles. The molecule has 3 aromatic rings. The zero-order chi connectivity index (χ0) is 25.7. The molecule has 3 heterocycles. The zero-order valence-corrected chi connectivity index (χ0v) is 20.3. The Balaban J connectivity index is 1.44. The summed E-state index contributed by atoms with van der Waals surface area (Å²) in [6.07, 6.45) is 3.89. The van der Waals surface area contributed by atoms with Crippen LogP contribution >= 0.6 is 0 Å². The molecule has 3 aliphatic rings. The highest BCUT2D eigenvalue weighted by Crippen LogP contribution is 2.49. The Bertz CT molecular complexity index is 1440. The van der Waals surface area contributed by atoms with Gasteiger partial charge in [-0.15, -0.1) is 0 Å². The minimum Gasteiger partial charge on any atom is -0.497 e. The van der Waals surface area contributed by atoms with Crippen molar-refractivity contribution in [2.75, 3.05) is 29.3 Å². The van der Waals surface area contributed by atoms with Gasteiger partial charge in [-0.05, 0) is 35.9 Å². The van der Waals surface area contributed by atoms with Gasteiger partial charge in [0.1, 0.15) is 17.5 Å². The smallest absolute Gasteiger partial charge is 0.248 e. The molecule has 6 rings (SSSR count). The Labute approximate surface area is 214 Å². The van der Waals surface area contributed by atoms with Gasteiger partial charge in [0.05, 0.1) is 43.5 Å². The first-order valence-electron chi connectivity index (χ1n) is 12.0. The lowest BCUT2D eigenvalue weighted by Crippen LogP contribution is -2.50. The van der Waals surface area contributed by atoms with Gasteiger partial charge in [0.15, 0.2) is 0 Å². The van der Waals surface area contributed by atoms with Gasteiger partial charge in [0, 0.05) is 11.8 Å². The van der Waals surface area contributed by atoms with Crippen LogP contribution in [0.15, 0.2) is 78.9 Å². The van der Waals surface area contributed by atoms with Crippen molar-refractivity contribution in [2.24, 2.45) is 11.8 Å². The number of hydrogen-bond donors (Lipinski definition) is 1. The number of benzene rings is 3. The van der Waals surface area contributed by atoms with E-state index < -0.39 is 29.8 Å². The van der Waals surface area contributed by atoms with Crippen molar-refractivity contribution in [2.45, 2.75) is 12.1 Å². The highest BCUT2D eigenvalue weighted by molar-refractivity contribution is 6.25. The van der Waals surface area contributed by atoms with Gasteiger partial charge in [0.2, 0.25) is 17.7 Å². The summed E-state index contributed by atoms with van der Waals surface area (Å²) in [5.41, 5.74) is 2.67. The number of hydrogen-bond acceptors (Lipinski definition) is 6. The first kappa shape index (κ1) is 22.8. The zero-order valence-electron chi connectivity index (χ0n) is 20.3. The molecule has 1 N–H and O–H groups in total. The highest BCUT2D eigenvalue weighted by Gasteiger charge is 2.64. The second-order valence-corrected chi connectivity index (χ2v) is 9.22. The number of fused-ring (bicyclic) bond motifs is 5. The Morgan fingerprint density at radius 3 is 2.35 bits per heavy atom.